The molecule has 6 aromatic carbocycles. The molecule has 0 spiro atoms. The SMILES string of the molecule is CNc1ccc(Oc2cccc(NC(=O)c3cccc(C(=O)Nc4ccc(Oc5cccc(NC(=O)c6cc(O)cc(C(C)=O)c6)c5)cc4)c3)c2)cc1. The predicted molar refractivity (Wildman–Crippen MR) is 204 cm³/mol. The van der Waals surface area contributed by atoms with Crippen LogP contribution in [0, 0.1) is 0 Å². The van der Waals surface area contributed by atoms with Crippen LogP contribution in [-0.4, -0.2) is 35.7 Å². The summed E-state index contributed by atoms with van der Waals surface area (Å²) >= 11 is 0. The van der Waals surface area contributed by atoms with Gasteiger partial charge >= 0.3 is 0 Å². The lowest BCUT2D eigenvalue weighted by Crippen LogP contribution is -2.15. The van der Waals surface area contributed by atoms with E-state index in [2.05, 4.69) is 21.3 Å². The van der Waals surface area contributed by atoms with Crippen LogP contribution in [0.15, 0.2) is 140 Å². The number of ketones is 1. The average molecular weight is 707 g/mol. The van der Waals surface area contributed by atoms with E-state index < -0.39 is 11.8 Å². The van der Waals surface area contributed by atoms with Gasteiger partial charge in [0.05, 0.1) is 0 Å². The molecule has 0 heterocycles. The van der Waals surface area contributed by atoms with Crippen molar-refractivity contribution in [3.63, 3.8) is 0 Å². The molecule has 0 unspecified atom stereocenters. The van der Waals surface area contributed by atoms with E-state index in [0.29, 0.717) is 51.2 Å². The van der Waals surface area contributed by atoms with Crippen LogP contribution in [-0.2, 0) is 0 Å². The number of carbonyl (C=O) groups excluding carboxylic acids is 4. The van der Waals surface area contributed by atoms with Crippen LogP contribution in [0.3, 0.4) is 0 Å². The van der Waals surface area contributed by atoms with Crippen molar-refractivity contribution in [3.05, 3.63) is 162 Å². The molecule has 3 amide bonds. The minimum Gasteiger partial charge on any atom is -0.508 e. The summed E-state index contributed by atoms with van der Waals surface area (Å²) in [5.41, 5.74) is 3.39. The number of hydrogen-bond donors (Lipinski definition) is 5. The molecule has 6 rings (SSSR count). The maximum absolute atomic E-state index is 13.1. The summed E-state index contributed by atoms with van der Waals surface area (Å²) in [6.45, 7) is 1.35. The van der Waals surface area contributed by atoms with Crippen LogP contribution in [0.2, 0.25) is 0 Å². The summed E-state index contributed by atoms with van der Waals surface area (Å²) in [6.07, 6.45) is 0. The van der Waals surface area contributed by atoms with E-state index in [1.165, 1.54) is 31.2 Å². The first-order valence-corrected chi connectivity index (χ1v) is 16.4. The Bertz CT molecular complexity index is 2300. The number of carbonyl (C=O) groups is 4. The van der Waals surface area contributed by atoms with Crippen molar-refractivity contribution < 1.29 is 33.8 Å². The molecule has 0 atom stereocenters. The van der Waals surface area contributed by atoms with Crippen molar-refractivity contribution >= 4 is 46.3 Å². The highest BCUT2D eigenvalue weighted by atomic mass is 16.5. The lowest BCUT2D eigenvalue weighted by molar-refractivity contribution is 0.100. The highest BCUT2D eigenvalue weighted by Crippen LogP contribution is 2.28. The Hall–Kier alpha value is -7.40. The number of phenols is 1. The van der Waals surface area contributed by atoms with Crippen molar-refractivity contribution in [2.45, 2.75) is 6.92 Å². The molecule has 53 heavy (non-hydrogen) atoms. The molecule has 0 bridgehead atoms. The quantitative estimate of drug-likeness (QED) is 0.0790. The molecular formula is C42H34N4O7. The van der Waals surface area contributed by atoms with Crippen LogP contribution in [0.25, 0.3) is 0 Å². The first kappa shape index (κ1) is 35.4. The summed E-state index contributed by atoms with van der Waals surface area (Å²) < 4.78 is 11.9. The maximum atomic E-state index is 13.1. The van der Waals surface area contributed by atoms with Gasteiger partial charge in [0.25, 0.3) is 17.7 Å². The molecule has 0 aliphatic heterocycles. The zero-order valence-corrected chi connectivity index (χ0v) is 28.7. The molecule has 5 N–H and O–H groups in total. The molecule has 0 aliphatic rings. The van der Waals surface area contributed by atoms with E-state index >= 15 is 0 Å². The van der Waals surface area contributed by atoms with Gasteiger partial charge in [0, 0.05) is 64.2 Å². The van der Waals surface area contributed by atoms with E-state index in [0.717, 1.165) is 5.69 Å². The molecule has 11 nitrogen and oxygen atoms in total. The monoisotopic (exact) mass is 706 g/mol. The number of amides is 3. The van der Waals surface area contributed by atoms with Crippen LogP contribution in [0.1, 0.15) is 48.4 Å². The first-order valence-electron chi connectivity index (χ1n) is 16.4. The summed E-state index contributed by atoms with van der Waals surface area (Å²) in [5, 5.41) is 21.4. The summed E-state index contributed by atoms with van der Waals surface area (Å²) in [4.78, 5) is 50.8. The number of hydrogen-bond acceptors (Lipinski definition) is 8. The van der Waals surface area contributed by atoms with Gasteiger partial charge in [0.15, 0.2) is 5.78 Å². The Morgan fingerprint density at radius 1 is 0.453 bits per heavy atom. The highest BCUT2D eigenvalue weighted by molar-refractivity contribution is 6.09. The molecule has 11 heteroatoms. The van der Waals surface area contributed by atoms with E-state index in [9.17, 15) is 24.3 Å². The topological polar surface area (TPSA) is 155 Å². The fraction of sp³-hybridized carbons (Fsp3) is 0.0476. The molecule has 0 aromatic heterocycles. The van der Waals surface area contributed by atoms with Crippen LogP contribution >= 0.6 is 0 Å². The van der Waals surface area contributed by atoms with Crippen LogP contribution in [0.5, 0.6) is 28.7 Å². The van der Waals surface area contributed by atoms with Gasteiger partial charge in [-0.3, -0.25) is 19.2 Å². The van der Waals surface area contributed by atoms with Gasteiger partial charge in [0.2, 0.25) is 0 Å². The van der Waals surface area contributed by atoms with Gasteiger partial charge in [-0.05, 0) is 116 Å². The van der Waals surface area contributed by atoms with Gasteiger partial charge in [-0.25, -0.2) is 0 Å². The number of benzene rings is 6. The van der Waals surface area contributed by atoms with Gasteiger partial charge in [-0.1, -0.05) is 18.2 Å². The van der Waals surface area contributed by atoms with Crippen molar-refractivity contribution in [1.29, 1.82) is 0 Å². The zero-order chi connectivity index (χ0) is 37.3. The largest absolute Gasteiger partial charge is 0.508 e. The Balaban J connectivity index is 1.04. The third-order valence-electron chi connectivity index (χ3n) is 7.88. The standard InChI is InChI=1S/C42H34N4O7/c1-26(47)29-21-30(23-35(48)22-29)42(51)46-34-9-5-11-39(25-34)53-37-18-14-32(15-19-37)44-40(49)27-6-3-7-28(20-27)41(50)45-33-8-4-10-38(24-33)52-36-16-12-31(43-2)13-17-36/h3-25,43,48H,1-2H3,(H,44,49)(H,45,50)(H,46,51). The number of nitrogens with one attached hydrogen (secondary N) is 4. The fourth-order valence-corrected chi connectivity index (χ4v) is 5.20. The zero-order valence-electron chi connectivity index (χ0n) is 28.7. The number of phenolic OH excluding ortho intramolecular Hbond substituents is 1. The average Bonchev–Trinajstić information content (AvgIpc) is 3.16. The minimum atomic E-state index is -0.505. The second-order valence-electron chi connectivity index (χ2n) is 11.8. The lowest BCUT2D eigenvalue weighted by atomic mass is 10.1. The number of rotatable bonds is 12. The second-order valence-corrected chi connectivity index (χ2v) is 11.8. The van der Waals surface area contributed by atoms with Crippen LogP contribution in [0.4, 0.5) is 22.7 Å². The van der Waals surface area contributed by atoms with Crippen molar-refractivity contribution in [3.8, 4) is 28.7 Å². The van der Waals surface area contributed by atoms with Crippen LogP contribution < -0.4 is 30.7 Å². The Morgan fingerprint density at radius 2 is 0.887 bits per heavy atom. The Morgan fingerprint density at radius 3 is 1.40 bits per heavy atom. The van der Waals surface area contributed by atoms with Gasteiger partial charge in [-0.2, -0.15) is 0 Å². The molecule has 0 saturated heterocycles. The molecular weight excluding hydrogens is 672 g/mol. The van der Waals surface area contributed by atoms with Gasteiger partial charge in [-0.15, -0.1) is 0 Å². The molecule has 6 aromatic rings. The van der Waals surface area contributed by atoms with E-state index in [-0.39, 0.29) is 28.6 Å². The number of aromatic hydroxyl groups is 1. The minimum absolute atomic E-state index is 0.133. The molecule has 0 saturated carbocycles. The summed E-state index contributed by atoms with van der Waals surface area (Å²) in [5.74, 6) is 0.365. The maximum Gasteiger partial charge on any atom is 0.255 e. The van der Waals surface area contributed by atoms with E-state index in [1.54, 1.807) is 91.0 Å². The van der Waals surface area contributed by atoms with E-state index in [4.69, 9.17) is 9.47 Å². The predicted octanol–water partition coefficient (Wildman–Crippen LogP) is 8.98. The molecule has 0 radical (unpaired) electrons. The Labute approximate surface area is 305 Å². The first-order chi connectivity index (χ1) is 25.6. The smallest absolute Gasteiger partial charge is 0.255 e. The van der Waals surface area contributed by atoms with Crippen molar-refractivity contribution in [2.75, 3.05) is 28.3 Å². The van der Waals surface area contributed by atoms with E-state index in [1.807, 2.05) is 31.3 Å². The molecule has 264 valence electrons. The van der Waals surface area contributed by atoms with Gasteiger partial charge < -0.3 is 35.8 Å². The fourth-order valence-electron chi connectivity index (χ4n) is 5.20. The number of anilines is 4. The highest BCUT2D eigenvalue weighted by Gasteiger charge is 2.14. The van der Waals surface area contributed by atoms with Crippen molar-refractivity contribution in [2.24, 2.45) is 0 Å². The third-order valence-corrected chi connectivity index (χ3v) is 7.88. The summed E-state index contributed by atoms with van der Waals surface area (Å²) in [6, 6.07) is 38.3. The number of Topliss-reactive ketones (excluding diaryl/α,β-unsaturated/α-hetero) is 1. The number of ether oxygens (including phenoxy) is 2. The summed E-state index contributed by atoms with van der Waals surface area (Å²) in [7, 11) is 1.84. The molecule has 0 aliphatic carbocycles. The molecule has 0 fully saturated rings. The second kappa shape index (κ2) is 16.1. The van der Waals surface area contributed by atoms with Crippen molar-refractivity contribution in [1.82, 2.24) is 0 Å². The van der Waals surface area contributed by atoms with Gasteiger partial charge in [0.1, 0.15) is 28.7 Å². The normalized spacial score (nSPS) is 10.5. The Kier molecular flexibility index (Phi) is 10.8. The lowest BCUT2D eigenvalue weighted by Gasteiger charge is -2.11. The third kappa shape index (κ3) is 9.44.